The van der Waals surface area contributed by atoms with Crippen molar-refractivity contribution in [1.29, 1.82) is 0 Å². The minimum Gasteiger partial charge on any atom is -0.370 e. The van der Waals surface area contributed by atoms with Crippen LogP contribution in [0.3, 0.4) is 0 Å². The molecule has 0 spiro atoms. The maximum Gasteiger partial charge on any atom is 0.537 e. The van der Waals surface area contributed by atoms with Crippen molar-refractivity contribution in [3.8, 4) is 0 Å². The summed E-state index contributed by atoms with van der Waals surface area (Å²) in [7, 11) is -6.42. The normalized spacial score (nSPS) is 12.4. The summed E-state index contributed by atoms with van der Waals surface area (Å²) < 4.78 is 38.8. The lowest BCUT2D eigenvalue weighted by Crippen LogP contribution is -2.70. The Morgan fingerprint density at radius 2 is 0.656 bits per heavy atom. The zero-order chi connectivity index (χ0) is 23.7. The number of benzene rings is 1. The Kier molecular flexibility index (Phi) is 15.6. The highest BCUT2D eigenvalue weighted by atomic mass is 28.4. The van der Waals surface area contributed by atoms with Crippen molar-refractivity contribution in [3.05, 3.63) is 24.3 Å². The lowest BCUT2D eigenvalue weighted by molar-refractivity contribution is 0.0682. The van der Waals surface area contributed by atoms with Crippen molar-refractivity contribution in [2.45, 2.75) is 80.1 Å². The second-order valence-corrected chi connectivity index (χ2v) is 12.8. The van der Waals surface area contributed by atoms with Crippen LogP contribution >= 0.6 is 0 Å². The van der Waals surface area contributed by atoms with E-state index in [4.69, 9.17) is 26.6 Å². The van der Waals surface area contributed by atoms with Gasteiger partial charge in [0.05, 0.1) is 0 Å². The number of hydrogen-bond donors (Lipinski definition) is 0. The molecule has 1 aromatic carbocycles. The molecule has 0 unspecified atom stereocenters. The lowest BCUT2D eigenvalue weighted by atomic mass is 10.4. The Balaban J connectivity index is 3.66. The Bertz CT molecular complexity index is 507. The second kappa shape index (κ2) is 16.9. The molecule has 0 saturated carbocycles. The highest BCUT2D eigenvalue weighted by molar-refractivity contribution is 6.86. The van der Waals surface area contributed by atoms with Gasteiger partial charge in [-0.25, -0.2) is 0 Å². The van der Waals surface area contributed by atoms with E-state index >= 15 is 0 Å². The van der Waals surface area contributed by atoms with E-state index in [-0.39, 0.29) is 0 Å². The summed E-state index contributed by atoms with van der Waals surface area (Å²) in [5, 5.41) is 1.84. The second-order valence-electron chi connectivity index (χ2n) is 7.75. The van der Waals surface area contributed by atoms with Gasteiger partial charge in [0.15, 0.2) is 0 Å². The van der Waals surface area contributed by atoms with E-state index in [1.165, 1.54) is 0 Å². The van der Waals surface area contributed by atoms with Crippen molar-refractivity contribution in [1.82, 2.24) is 0 Å². The summed E-state index contributed by atoms with van der Waals surface area (Å²) in [4.78, 5) is 0. The fourth-order valence-corrected chi connectivity index (χ4v) is 9.77. The molecule has 0 amide bonds. The van der Waals surface area contributed by atoms with Gasteiger partial charge in [0.25, 0.3) is 0 Å². The summed E-state index contributed by atoms with van der Waals surface area (Å²) in [6.45, 7) is 16.0. The third-order valence-corrected chi connectivity index (χ3v) is 10.5. The molecular weight excluding hydrogens is 440 g/mol. The van der Waals surface area contributed by atoms with Crippen LogP contribution in [0.4, 0.5) is 0 Å². The quantitative estimate of drug-likeness (QED) is 0.252. The van der Waals surface area contributed by atoms with Crippen LogP contribution in [0.1, 0.15) is 80.1 Å². The van der Waals surface area contributed by atoms with E-state index in [9.17, 15) is 0 Å². The minimum atomic E-state index is -3.21. The first-order chi connectivity index (χ1) is 15.6. The molecule has 0 N–H and O–H groups in total. The van der Waals surface area contributed by atoms with Crippen molar-refractivity contribution < 1.29 is 26.6 Å². The van der Waals surface area contributed by atoms with Gasteiger partial charge < -0.3 is 26.6 Å². The van der Waals surface area contributed by atoms with Gasteiger partial charge in [-0.2, -0.15) is 0 Å². The van der Waals surface area contributed by atoms with Gasteiger partial charge in [0, 0.05) is 50.0 Å². The molecular formula is C24H46O6Si2. The van der Waals surface area contributed by atoms with Crippen LogP contribution in [0.25, 0.3) is 0 Å². The highest BCUT2D eigenvalue weighted by Crippen LogP contribution is 2.18. The molecule has 32 heavy (non-hydrogen) atoms. The molecule has 0 fully saturated rings. The monoisotopic (exact) mass is 486 g/mol. The first-order valence-electron chi connectivity index (χ1n) is 12.5. The molecule has 0 aliphatic heterocycles. The van der Waals surface area contributed by atoms with Crippen molar-refractivity contribution >= 4 is 28.0 Å². The Labute approximate surface area is 198 Å². The molecule has 0 atom stereocenters. The van der Waals surface area contributed by atoms with Gasteiger partial charge in [-0.1, -0.05) is 65.8 Å². The van der Waals surface area contributed by atoms with Crippen molar-refractivity contribution in [2.75, 3.05) is 39.6 Å². The zero-order valence-corrected chi connectivity index (χ0v) is 23.2. The Morgan fingerprint density at radius 1 is 0.438 bits per heavy atom. The molecule has 0 aromatic heterocycles. The Morgan fingerprint density at radius 3 is 0.844 bits per heavy atom. The van der Waals surface area contributed by atoms with E-state index in [1.54, 1.807) is 0 Å². The molecule has 1 rings (SSSR count). The van der Waals surface area contributed by atoms with E-state index in [2.05, 4.69) is 53.7 Å². The van der Waals surface area contributed by atoms with Gasteiger partial charge >= 0.3 is 17.6 Å². The van der Waals surface area contributed by atoms with Crippen LogP contribution in [0.5, 0.6) is 0 Å². The molecule has 0 aliphatic carbocycles. The first-order valence-corrected chi connectivity index (χ1v) is 16.0. The predicted molar refractivity (Wildman–Crippen MR) is 135 cm³/mol. The fraction of sp³-hybridized carbons (Fsp3) is 0.750. The van der Waals surface area contributed by atoms with Crippen LogP contribution in [-0.4, -0.2) is 57.3 Å². The zero-order valence-electron chi connectivity index (χ0n) is 21.2. The van der Waals surface area contributed by atoms with Gasteiger partial charge in [0.1, 0.15) is 0 Å². The highest BCUT2D eigenvalue weighted by Gasteiger charge is 2.53. The average Bonchev–Trinajstić information content (AvgIpc) is 2.84. The van der Waals surface area contributed by atoms with Crippen LogP contribution in [0.15, 0.2) is 24.3 Å². The van der Waals surface area contributed by atoms with E-state index in [0.29, 0.717) is 39.6 Å². The number of rotatable bonds is 20. The predicted octanol–water partition coefficient (Wildman–Crippen LogP) is 4.54. The molecule has 1 aromatic rings. The first kappa shape index (κ1) is 29.4. The van der Waals surface area contributed by atoms with Gasteiger partial charge in [-0.15, -0.1) is 0 Å². The summed E-state index contributed by atoms with van der Waals surface area (Å²) in [5.74, 6) is 0. The standard InChI is InChI=1S/C24H46O6Si2/c1-7-17-25-31(26-18-8-2,27-19-9-3)23-15-13-14-16-24(23)32(28-20-10-4,29-21-11-5)30-22-12-6/h13-16H,7-12,17-22H2,1-6H3. The van der Waals surface area contributed by atoms with E-state index < -0.39 is 17.6 Å². The van der Waals surface area contributed by atoms with Gasteiger partial charge in [-0.3, -0.25) is 0 Å². The molecule has 0 radical (unpaired) electrons. The molecule has 0 heterocycles. The maximum atomic E-state index is 6.47. The summed E-state index contributed by atoms with van der Waals surface area (Å²) in [6, 6.07) is 8.15. The van der Waals surface area contributed by atoms with Crippen molar-refractivity contribution in [3.63, 3.8) is 0 Å². The summed E-state index contributed by atoms with van der Waals surface area (Å²) in [5.41, 5.74) is 0. The molecule has 0 saturated heterocycles. The topological polar surface area (TPSA) is 55.4 Å². The molecule has 186 valence electrons. The fourth-order valence-electron chi connectivity index (χ4n) is 3.15. The molecule has 6 nitrogen and oxygen atoms in total. The van der Waals surface area contributed by atoms with Crippen molar-refractivity contribution in [2.24, 2.45) is 0 Å². The molecule has 0 aliphatic rings. The SMILES string of the molecule is CCCO[Si](OCCC)(OCCC)c1ccccc1[Si](OCCC)(OCCC)OCCC. The van der Waals surface area contributed by atoms with Crippen LogP contribution in [0.2, 0.25) is 0 Å². The average molecular weight is 487 g/mol. The minimum absolute atomic E-state index is 0.573. The van der Waals surface area contributed by atoms with E-state index in [1.807, 2.05) is 12.1 Å². The van der Waals surface area contributed by atoms with Gasteiger partial charge in [0.2, 0.25) is 0 Å². The van der Waals surface area contributed by atoms with Gasteiger partial charge in [-0.05, 0) is 38.5 Å². The molecule has 8 heteroatoms. The third-order valence-electron chi connectivity index (χ3n) is 4.56. The van der Waals surface area contributed by atoms with Crippen LogP contribution in [0, 0.1) is 0 Å². The number of hydrogen-bond acceptors (Lipinski definition) is 6. The Hall–Kier alpha value is -0.586. The lowest BCUT2D eigenvalue weighted by Gasteiger charge is -2.36. The third kappa shape index (κ3) is 8.64. The maximum absolute atomic E-state index is 6.47. The smallest absolute Gasteiger partial charge is 0.370 e. The van der Waals surface area contributed by atoms with Crippen LogP contribution in [-0.2, 0) is 26.6 Å². The molecule has 0 bridgehead atoms. The summed E-state index contributed by atoms with van der Waals surface area (Å²) in [6.07, 6.45) is 5.31. The van der Waals surface area contributed by atoms with Crippen LogP contribution < -0.4 is 10.4 Å². The summed E-state index contributed by atoms with van der Waals surface area (Å²) >= 11 is 0. The largest absolute Gasteiger partial charge is 0.537 e. The van der Waals surface area contributed by atoms with E-state index in [0.717, 1.165) is 48.9 Å².